The lowest BCUT2D eigenvalue weighted by atomic mass is 9.95. The summed E-state index contributed by atoms with van der Waals surface area (Å²) in [5.74, 6) is 1.08. The van der Waals surface area contributed by atoms with Crippen molar-refractivity contribution in [3.8, 4) is 17.1 Å². The van der Waals surface area contributed by atoms with E-state index in [4.69, 9.17) is 4.74 Å². The van der Waals surface area contributed by atoms with E-state index in [0.29, 0.717) is 29.7 Å². The van der Waals surface area contributed by atoms with Gasteiger partial charge in [0, 0.05) is 55.0 Å². The van der Waals surface area contributed by atoms with Crippen molar-refractivity contribution < 1.29 is 13.9 Å². The van der Waals surface area contributed by atoms with Crippen LogP contribution in [0, 0.1) is 11.7 Å². The van der Waals surface area contributed by atoms with Crippen molar-refractivity contribution in [3.05, 3.63) is 72.1 Å². The number of pyridine rings is 2. The molecule has 4 aromatic rings. The third-order valence-corrected chi connectivity index (χ3v) is 6.33. The first-order valence-electron chi connectivity index (χ1n) is 12.0. The number of ether oxygens (including phenoxy) is 1. The molecule has 0 spiro atoms. The molecule has 0 aliphatic heterocycles. The summed E-state index contributed by atoms with van der Waals surface area (Å²) in [6.45, 7) is 3.26. The highest BCUT2D eigenvalue weighted by Gasteiger charge is 2.22. The van der Waals surface area contributed by atoms with Crippen molar-refractivity contribution in [2.45, 2.75) is 25.7 Å². The second kappa shape index (κ2) is 10.2. The Hall–Kier alpha value is -4.14. The number of halogens is 1. The fourth-order valence-electron chi connectivity index (χ4n) is 4.05. The first kappa shape index (κ1) is 23.6. The molecule has 1 amide bonds. The zero-order chi connectivity index (χ0) is 25.1. The molecule has 5 rings (SSSR count). The molecule has 1 atom stereocenters. The van der Waals surface area contributed by atoms with Crippen LogP contribution < -0.4 is 15.4 Å². The van der Waals surface area contributed by atoms with Crippen LogP contribution in [-0.4, -0.2) is 46.0 Å². The Morgan fingerprint density at radius 3 is 2.75 bits per heavy atom. The average molecular weight is 487 g/mol. The fourth-order valence-corrected chi connectivity index (χ4v) is 4.05. The summed E-state index contributed by atoms with van der Waals surface area (Å²) in [6.07, 6.45) is 7.25. The number of nitrogens with one attached hydrogen (secondary N) is 2. The molecule has 184 valence electrons. The van der Waals surface area contributed by atoms with Gasteiger partial charge in [0.05, 0.1) is 23.4 Å². The Bertz CT molecular complexity index is 1390. The van der Waals surface area contributed by atoms with Gasteiger partial charge in [0.2, 0.25) is 5.88 Å². The highest BCUT2D eigenvalue weighted by molar-refractivity contribution is 6.06. The third-order valence-electron chi connectivity index (χ3n) is 6.33. The summed E-state index contributed by atoms with van der Waals surface area (Å²) in [6, 6.07) is 10.3. The maximum atomic E-state index is 14.7. The summed E-state index contributed by atoms with van der Waals surface area (Å²) in [7, 11) is 1.52. The van der Waals surface area contributed by atoms with Gasteiger partial charge in [0.15, 0.2) is 0 Å². The lowest BCUT2D eigenvalue weighted by molar-refractivity contribution is 0.0964. The molecule has 0 unspecified atom stereocenters. The van der Waals surface area contributed by atoms with Crippen molar-refractivity contribution >= 4 is 22.6 Å². The molecule has 1 saturated carbocycles. The largest absolute Gasteiger partial charge is 0.477 e. The van der Waals surface area contributed by atoms with E-state index in [-0.39, 0.29) is 22.8 Å². The number of rotatable bonds is 9. The van der Waals surface area contributed by atoms with Crippen molar-refractivity contribution in [1.82, 2.24) is 25.3 Å². The van der Waals surface area contributed by atoms with Gasteiger partial charge in [-0.05, 0) is 42.5 Å². The third kappa shape index (κ3) is 5.10. The normalized spacial score (nSPS) is 13.9. The lowest BCUT2D eigenvalue weighted by Crippen LogP contribution is -2.19. The number of carbonyl (C=O) groups is 1. The number of anilines is 1. The van der Waals surface area contributed by atoms with E-state index >= 15 is 0 Å². The standard InChI is InChI=1S/C27H27FN6O2/c1-16(19-6-7-21(28)25-20(27(35)29-2)9-10-30-26(19)25)12-31-23-11-22(33-15-34-23)18-5-8-24(32-13-18)36-14-17-3-4-17/h5-11,13,15-17H,3-4,12,14H2,1-2H3,(H,29,35)(H,31,33,34)/t16-/m1/s1. The zero-order valence-electron chi connectivity index (χ0n) is 20.2. The van der Waals surface area contributed by atoms with Gasteiger partial charge < -0.3 is 15.4 Å². The number of hydrogen-bond donors (Lipinski definition) is 2. The van der Waals surface area contributed by atoms with Crippen molar-refractivity contribution in [2.75, 3.05) is 25.5 Å². The topological polar surface area (TPSA) is 102 Å². The van der Waals surface area contributed by atoms with Crippen molar-refractivity contribution in [1.29, 1.82) is 0 Å². The zero-order valence-corrected chi connectivity index (χ0v) is 20.2. The van der Waals surface area contributed by atoms with Crippen LogP contribution in [-0.2, 0) is 0 Å². The van der Waals surface area contributed by atoms with Crippen LogP contribution >= 0.6 is 0 Å². The molecule has 1 aliphatic rings. The van der Waals surface area contributed by atoms with Gasteiger partial charge in [-0.1, -0.05) is 13.0 Å². The maximum Gasteiger partial charge on any atom is 0.251 e. The quantitative estimate of drug-likeness (QED) is 0.357. The van der Waals surface area contributed by atoms with E-state index in [1.54, 1.807) is 12.3 Å². The first-order valence-corrected chi connectivity index (χ1v) is 12.0. The molecule has 0 radical (unpaired) electrons. The Labute approximate surface area is 208 Å². The Morgan fingerprint density at radius 2 is 2.00 bits per heavy atom. The van der Waals surface area contributed by atoms with E-state index < -0.39 is 5.82 Å². The van der Waals surface area contributed by atoms with Crippen LogP contribution in [0.2, 0.25) is 0 Å². The van der Waals surface area contributed by atoms with Gasteiger partial charge >= 0.3 is 0 Å². The molecule has 1 aliphatic carbocycles. The number of amides is 1. The molecule has 2 N–H and O–H groups in total. The highest BCUT2D eigenvalue weighted by atomic mass is 19.1. The van der Waals surface area contributed by atoms with Gasteiger partial charge in [0.1, 0.15) is 18.0 Å². The predicted octanol–water partition coefficient (Wildman–Crippen LogP) is 4.59. The Morgan fingerprint density at radius 1 is 1.14 bits per heavy atom. The number of benzene rings is 1. The van der Waals surface area contributed by atoms with Crippen LogP contribution in [0.5, 0.6) is 5.88 Å². The molecule has 0 saturated heterocycles. The Balaban J connectivity index is 1.30. The molecule has 36 heavy (non-hydrogen) atoms. The molecule has 3 aromatic heterocycles. The number of aromatic nitrogens is 4. The molecule has 1 aromatic carbocycles. The summed E-state index contributed by atoms with van der Waals surface area (Å²) in [5, 5.41) is 6.12. The predicted molar refractivity (Wildman–Crippen MR) is 135 cm³/mol. The molecule has 8 nitrogen and oxygen atoms in total. The van der Waals surface area contributed by atoms with Crippen molar-refractivity contribution in [3.63, 3.8) is 0 Å². The number of nitrogens with zero attached hydrogens (tertiary/aromatic N) is 4. The summed E-state index contributed by atoms with van der Waals surface area (Å²) in [5.41, 5.74) is 3.18. The van der Waals surface area contributed by atoms with Gasteiger partial charge in [-0.2, -0.15) is 0 Å². The number of hydrogen-bond acceptors (Lipinski definition) is 7. The van der Waals surface area contributed by atoms with E-state index in [1.807, 2.05) is 25.1 Å². The molecule has 0 bridgehead atoms. The fraction of sp³-hybridized carbons (Fsp3) is 0.296. The highest BCUT2D eigenvalue weighted by Crippen LogP contribution is 2.30. The number of fused-ring (bicyclic) bond motifs is 1. The lowest BCUT2D eigenvalue weighted by Gasteiger charge is -2.17. The molecule has 1 fully saturated rings. The molecular formula is C27H27FN6O2. The second-order valence-electron chi connectivity index (χ2n) is 9.01. The second-order valence-corrected chi connectivity index (χ2v) is 9.01. The summed E-state index contributed by atoms with van der Waals surface area (Å²) >= 11 is 0. The van der Waals surface area contributed by atoms with Crippen LogP contribution in [0.3, 0.4) is 0 Å². The van der Waals surface area contributed by atoms with Gasteiger partial charge in [0.25, 0.3) is 5.91 Å². The van der Waals surface area contributed by atoms with Crippen LogP contribution in [0.4, 0.5) is 10.2 Å². The van der Waals surface area contributed by atoms with Gasteiger partial charge in [-0.25, -0.2) is 19.3 Å². The van der Waals surface area contributed by atoms with Gasteiger partial charge in [-0.3, -0.25) is 9.78 Å². The van der Waals surface area contributed by atoms with E-state index in [2.05, 4.69) is 30.6 Å². The Kier molecular flexibility index (Phi) is 6.71. The van der Waals surface area contributed by atoms with Crippen LogP contribution in [0.25, 0.3) is 22.2 Å². The first-order chi connectivity index (χ1) is 17.5. The molecule has 9 heteroatoms. The van der Waals surface area contributed by atoms with Crippen molar-refractivity contribution in [2.24, 2.45) is 5.92 Å². The van der Waals surface area contributed by atoms with Crippen LogP contribution in [0.1, 0.15) is 41.6 Å². The monoisotopic (exact) mass is 486 g/mol. The average Bonchev–Trinajstić information content (AvgIpc) is 3.75. The minimum Gasteiger partial charge on any atom is -0.477 e. The maximum absolute atomic E-state index is 14.7. The van der Waals surface area contributed by atoms with E-state index in [1.165, 1.54) is 44.5 Å². The minimum atomic E-state index is -0.474. The van der Waals surface area contributed by atoms with Crippen LogP contribution in [0.15, 0.2) is 55.1 Å². The van der Waals surface area contributed by atoms with E-state index in [9.17, 15) is 9.18 Å². The smallest absolute Gasteiger partial charge is 0.251 e. The van der Waals surface area contributed by atoms with E-state index in [0.717, 1.165) is 23.4 Å². The SMILES string of the molecule is CNC(=O)c1ccnc2c([C@H](C)CNc3cc(-c4ccc(OCC5CC5)nc4)ncn3)ccc(F)c12. The summed E-state index contributed by atoms with van der Waals surface area (Å²) < 4.78 is 20.4. The molecule has 3 heterocycles. The van der Waals surface area contributed by atoms with Gasteiger partial charge in [-0.15, -0.1) is 0 Å². The minimum absolute atomic E-state index is 0.0384. The number of carbonyl (C=O) groups excluding carboxylic acids is 1. The summed E-state index contributed by atoms with van der Waals surface area (Å²) in [4.78, 5) is 29.7. The molecular weight excluding hydrogens is 459 g/mol.